The number of carbonyl (C=O) groups is 1. The fourth-order valence-electron chi connectivity index (χ4n) is 0.857. The Morgan fingerprint density at radius 1 is 1.43 bits per heavy atom. The number of rotatable bonds is 2. The molecule has 0 spiro atoms. The zero-order chi connectivity index (χ0) is 10.7. The van der Waals surface area contributed by atoms with Crippen LogP contribution in [0, 0.1) is 18.6 Å². The Kier molecular flexibility index (Phi) is 2.96. The molecule has 0 amide bonds. The molecular weight excluding hydrogens is 190 g/mol. The van der Waals surface area contributed by atoms with E-state index in [4.69, 9.17) is 0 Å². The van der Waals surface area contributed by atoms with Gasteiger partial charge in [0.1, 0.15) is 0 Å². The Balaban J connectivity index is 3.05. The van der Waals surface area contributed by atoms with E-state index in [1.54, 1.807) is 0 Å². The van der Waals surface area contributed by atoms with E-state index in [0.717, 1.165) is 6.08 Å². The topological polar surface area (TPSA) is 26.3 Å². The first kappa shape index (κ1) is 10.4. The monoisotopic (exact) mass is 198 g/mol. The van der Waals surface area contributed by atoms with Crippen molar-refractivity contribution in [3.05, 3.63) is 42.0 Å². The highest BCUT2D eigenvalue weighted by atomic mass is 19.2. The van der Waals surface area contributed by atoms with Crippen molar-refractivity contribution >= 4 is 5.97 Å². The molecule has 0 aromatic heterocycles. The van der Waals surface area contributed by atoms with Crippen molar-refractivity contribution in [1.29, 1.82) is 0 Å². The second kappa shape index (κ2) is 4.00. The summed E-state index contributed by atoms with van der Waals surface area (Å²) in [6, 6.07) is 2.51. The zero-order valence-electron chi connectivity index (χ0n) is 7.51. The predicted octanol–water partition coefficient (Wildman–Crippen LogP) is 2.36. The van der Waals surface area contributed by atoms with Crippen LogP contribution in [-0.4, -0.2) is 5.97 Å². The summed E-state index contributed by atoms with van der Waals surface area (Å²) in [5.41, 5.74) is 0.154. The average molecular weight is 198 g/mol. The van der Waals surface area contributed by atoms with Crippen LogP contribution < -0.4 is 4.74 Å². The van der Waals surface area contributed by atoms with E-state index in [1.807, 2.05) is 0 Å². The van der Waals surface area contributed by atoms with Crippen molar-refractivity contribution in [2.75, 3.05) is 0 Å². The lowest BCUT2D eigenvalue weighted by atomic mass is 10.2. The third-order valence-corrected chi connectivity index (χ3v) is 1.62. The summed E-state index contributed by atoms with van der Waals surface area (Å²) < 4.78 is 30.5. The molecule has 0 fully saturated rings. The standard InChI is InChI=1S/C10H8F2O2/c1-3-8(13)14-7-5-4-6(2)9(11)10(7)12/h3-5H,1H2,2H3. The third-order valence-electron chi connectivity index (χ3n) is 1.62. The Hall–Kier alpha value is -1.71. The molecule has 0 aliphatic rings. The number of hydrogen-bond acceptors (Lipinski definition) is 2. The molecule has 0 saturated carbocycles. The van der Waals surface area contributed by atoms with Crippen molar-refractivity contribution in [3.63, 3.8) is 0 Å². The molecule has 14 heavy (non-hydrogen) atoms. The van der Waals surface area contributed by atoms with E-state index in [-0.39, 0.29) is 5.56 Å². The van der Waals surface area contributed by atoms with Crippen LogP contribution in [0.25, 0.3) is 0 Å². The van der Waals surface area contributed by atoms with E-state index in [0.29, 0.717) is 0 Å². The first-order chi connectivity index (χ1) is 6.56. The first-order valence-electron chi connectivity index (χ1n) is 3.85. The van der Waals surface area contributed by atoms with Crippen LogP contribution in [0.15, 0.2) is 24.8 Å². The quantitative estimate of drug-likeness (QED) is 0.414. The van der Waals surface area contributed by atoms with Gasteiger partial charge in [-0.15, -0.1) is 0 Å². The maximum absolute atomic E-state index is 13.1. The molecule has 4 heteroatoms. The Labute approximate surface area is 79.8 Å². The van der Waals surface area contributed by atoms with E-state index < -0.39 is 23.4 Å². The average Bonchev–Trinajstić information content (AvgIpc) is 2.19. The lowest BCUT2D eigenvalue weighted by molar-refractivity contribution is -0.129. The molecule has 0 unspecified atom stereocenters. The van der Waals surface area contributed by atoms with Gasteiger partial charge in [0.2, 0.25) is 5.82 Å². The van der Waals surface area contributed by atoms with Crippen LogP contribution in [0.4, 0.5) is 8.78 Å². The smallest absolute Gasteiger partial charge is 0.335 e. The Bertz CT molecular complexity index is 386. The van der Waals surface area contributed by atoms with Gasteiger partial charge in [-0.25, -0.2) is 9.18 Å². The van der Waals surface area contributed by atoms with Gasteiger partial charge in [0.15, 0.2) is 11.6 Å². The number of halogens is 2. The van der Waals surface area contributed by atoms with Crippen molar-refractivity contribution in [1.82, 2.24) is 0 Å². The normalized spacial score (nSPS) is 9.64. The first-order valence-corrected chi connectivity index (χ1v) is 3.85. The number of aryl methyl sites for hydroxylation is 1. The highest BCUT2D eigenvalue weighted by Gasteiger charge is 2.13. The molecule has 0 heterocycles. The molecule has 0 radical (unpaired) electrons. The van der Waals surface area contributed by atoms with Crippen LogP contribution in [0.1, 0.15) is 5.56 Å². The molecule has 0 saturated heterocycles. The van der Waals surface area contributed by atoms with Crippen LogP contribution in [0.5, 0.6) is 5.75 Å². The van der Waals surface area contributed by atoms with Crippen molar-refractivity contribution < 1.29 is 18.3 Å². The van der Waals surface area contributed by atoms with Crippen LogP contribution in [0.2, 0.25) is 0 Å². The fourth-order valence-corrected chi connectivity index (χ4v) is 0.857. The van der Waals surface area contributed by atoms with Gasteiger partial charge in [-0.3, -0.25) is 0 Å². The molecule has 74 valence electrons. The van der Waals surface area contributed by atoms with E-state index in [9.17, 15) is 13.6 Å². The molecule has 0 N–H and O–H groups in total. The second-order valence-electron chi connectivity index (χ2n) is 2.63. The summed E-state index contributed by atoms with van der Waals surface area (Å²) in [7, 11) is 0. The van der Waals surface area contributed by atoms with Crippen molar-refractivity contribution in [2.24, 2.45) is 0 Å². The summed E-state index contributed by atoms with van der Waals surface area (Å²) in [6.07, 6.45) is 0.872. The number of hydrogen-bond donors (Lipinski definition) is 0. The summed E-state index contributed by atoms with van der Waals surface area (Å²) in [6.45, 7) is 4.55. The summed E-state index contributed by atoms with van der Waals surface area (Å²) in [4.78, 5) is 10.7. The lowest BCUT2D eigenvalue weighted by Crippen LogP contribution is -2.06. The Morgan fingerprint density at radius 3 is 2.64 bits per heavy atom. The zero-order valence-corrected chi connectivity index (χ0v) is 7.51. The predicted molar refractivity (Wildman–Crippen MR) is 46.9 cm³/mol. The molecule has 1 aromatic rings. The summed E-state index contributed by atoms with van der Waals surface area (Å²) >= 11 is 0. The molecule has 1 rings (SSSR count). The van der Waals surface area contributed by atoms with E-state index >= 15 is 0 Å². The maximum atomic E-state index is 13.1. The van der Waals surface area contributed by atoms with E-state index in [2.05, 4.69) is 11.3 Å². The number of esters is 1. The molecule has 1 aromatic carbocycles. The molecule has 0 bridgehead atoms. The minimum Gasteiger partial charge on any atom is -0.420 e. The van der Waals surface area contributed by atoms with Gasteiger partial charge >= 0.3 is 5.97 Å². The van der Waals surface area contributed by atoms with Crippen LogP contribution >= 0.6 is 0 Å². The third kappa shape index (κ3) is 1.96. The SMILES string of the molecule is C=CC(=O)Oc1ccc(C)c(F)c1F. The van der Waals surface area contributed by atoms with Crippen molar-refractivity contribution in [2.45, 2.75) is 6.92 Å². The molecule has 2 nitrogen and oxygen atoms in total. The van der Waals surface area contributed by atoms with Gasteiger partial charge in [-0.1, -0.05) is 12.6 Å². The minimum absolute atomic E-state index is 0.154. The van der Waals surface area contributed by atoms with Crippen molar-refractivity contribution in [3.8, 4) is 5.75 Å². The second-order valence-corrected chi connectivity index (χ2v) is 2.63. The molecule has 0 aliphatic carbocycles. The number of carbonyl (C=O) groups excluding carboxylic acids is 1. The van der Waals surface area contributed by atoms with Gasteiger partial charge in [0.05, 0.1) is 0 Å². The van der Waals surface area contributed by atoms with Gasteiger partial charge in [0.25, 0.3) is 0 Å². The summed E-state index contributed by atoms with van der Waals surface area (Å²) in [5, 5.41) is 0. The fraction of sp³-hybridized carbons (Fsp3) is 0.100. The van der Waals surface area contributed by atoms with Gasteiger partial charge in [-0.05, 0) is 18.6 Å². The maximum Gasteiger partial charge on any atom is 0.335 e. The largest absolute Gasteiger partial charge is 0.420 e. The van der Waals surface area contributed by atoms with Gasteiger partial charge < -0.3 is 4.74 Å². The number of ether oxygens (including phenoxy) is 1. The summed E-state index contributed by atoms with van der Waals surface area (Å²) in [5.74, 6) is -3.44. The molecule has 0 aliphatic heterocycles. The van der Waals surface area contributed by atoms with Gasteiger partial charge in [0, 0.05) is 6.08 Å². The van der Waals surface area contributed by atoms with Crippen LogP contribution in [0.3, 0.4) is 0 Å². The van der Waals surface area contributed by atoms with Gasteiger partial charge in [-0.2, -0.15) is 4.39 Å². The number of benzene rings is 1. The Morgan fingerprint density at radius 2 is 2.07 bits per heavy atom. The van der Waals surface area contributed by atoms with Crippen LogP contribution in [-0.2, 0) is 4.79 Å². The molecule has 0 atom stereocenters. The lowest BCUT2D eigenvalue weighted by Gasteiger charge is -2.04. The highest BCUT2D eigenvalue weighted by Crippen LogP contribution is 2.22. The highest BCUT2D eigenvalue weighted by molar-refractivity contribution is 5.83. The minimum atomic E-state index is -1.17. The molecular formula is C10H8F2O2. The van der Waals surface area contributed by atoms with E-state index in [1.165, 1.54) is 19.1 Å².